The van der Waals surface area contributed by atoms with Crippen molar-refractivity contribution in [3.05, 3.63) is 199 Å². The van der Waals surface area contributed by atoms with Crippen LogP contribution >= 0.6 is 0 Å². The van der Waals surface area contributed by atoms with Gasteiger partial charge in [-0.05, 0) is 102 Å². The van der Waals surface area contributed by atoms with E-state index >= 15 is 0 Å². The first-order chi connectivity index (χ1) is 27.2. The van der Waals surface area contributed by atoms with Crippen molar-refractivity contribution in [2.24, 2.45) is 0 Å². The second kappa shape index (κ2) is 13.0. The lowest BCUT2D eigenvalue weighted by molar-refractivity contribution is 1.17. The molecule has 3 nitrogen and oxygen atoms in total. The number of nitrogens with zero attached hydrogens (tertiary/aromatic N) is 3. The molecule has 0 aliphatic rings. The van der Waals surface area contributed by atoms with E-state index in [9.17, 15) is 10.5 Å². The molecule has 0 N–H and O–H groups in total. The van der Waals surface area contributed by atoms with E-state index in [1.54, 1.807) is 0 Å². The van der Waals surface area contributed by atoms with Crippen LogP contribution in [-0.4, -0.2) is 4.57 Å². The summed E-state index contributed by atoms with van der Waals surface area (Å²) in [5.74, 6) is 0. The quantitative estimate of drug-likeness (QED) is 0.168. The summed E-state index contributed by atoms with van der Waals surface area (Å²) in [6.07, 6.45) is 0. The Kier molecular flexibility index (Phi) is 7.58. The maximum absolute atomic E-state index is 10.5. The van der Waals surface area contributed by atoms with E-state index in [4.69, 9.17) is 0 Å². The Hall–Kier alpha value is -7.72. The minimum atomic E-state index is 0.574. The molecule has 1 aromatic heterocycles. The second-order valence-electron chi connectivity index (χ2n) is 13.8. The lowest BCUT2D eigenvalue weighted by Gasteiger charge is -2.21. The standard InChI is InChI=1S/C52H31N3/c53-32-34-26-29-49-47(30-34)41-19-12-13-25-48(41)55(49)50-31-36(27-28-37(50)33-54)38-16-4-5-17-39(38)40-18-6-7-20-42(40)52-45-23-10-8-21-43(45)51(35-14-2-1-3-15-35)44-22-9-11-24-46(44)52/h1-31H. The van der Waals surface area contributed by atoms with E-state index in [0.29, 0.717) is 11.1 Å². The number of fused-ring (bicyclic) bond motifs is 5. The first-order valence-electron chi connectivity index (χ1n) is 18.4. The predicted molar refractivity (Wildman–Crippen MR) is 227 cm³/mol. The third-order valence-corrected chi connectivity index (χ3v) is 10.9. The van der Waals surface area contributed by atoms with Gasteiger partial charge in [0.2, 0.25) is 0 Å². The molecule has 0 unspecified atom stereocenters. The zero-order chi connectivity index (χ0) is 36.9. The Morgan fingerprint density at radius 3 is 1.53 bits per heavy atom. The first kappa shape index (κ1) is 32.0. The first-order valence-corrected chi connectivity index (χ1v) is 18.4. The molecule has 55 heavy (non-hydrogen) atoms. The van der Waals surface area contributed by atoms with Crippen molar-refractivity contribution in [3.63, 3.8) is 0 Å². The highest BCUT2D eigenvalue weighted by molar-refractivity contribution is 6.22. The molecule has 10 aromatic rings. The number of benzene rings is 9. The lowest BCUT2D eigenvalue weighted by Crippen LogP contribution is -1.99. The second-order valence-corrected chi connectivity index (χ2v) is 13.8. The van der Waals surface area contributed by atoms with Crippen molar-refractivity contribution in [1.29, 1.82) is 10.5 Å². The van der Waals surface area contributed by atoms with Crippen LogP contribution in [-0.2, 0) is 0 Å². The van der Waals surface area contributed by atoms with Gasteiger partial charge in [-0.3, -0.25) is 0 Å². The summed E-state index contributed by atoms with van der Waals surface area (Å²) in [5, 5.41) is 27.0. The summed E-state index contributed by atoms with van der Waals surface area (Å²) in [5.41, 5.74) is 13.0. The van der Waals surface area contributed by atoms with Crippen molar-refractivity contribution in [2.45, 2.75) is 0 Å². The van der Waals surface area contributed by atoms with Gasteiger partial charge in [0.25, 0.3) is 0 Å². The molecule has 0 bridgehead atoms. The molecular formula is C52H31N3. The molecule has 0 atom stereocenters. The van der Waals surface area contributed by atoms with Crippen LogP contribution in [0, 0.1) is 22.7 Å². The highest BCUT2D eigenvalue weighted by Gasteiger charge is 2.21. The summed E-state index contributed by atoms with van der Waals surface area (Å²) in [4.78, 5) is 0. The van der Waals surface area contributed by atoms with Crippen molar-refractivity contribution >= 4 is 43.4 Å². The minimum absolute atomic E-state index is 0.574. The Labute approximate surface area is 318 Å². The van der Waals surface area contributed by atoms with E-state index in [1.807, 2.05) is 36.4 Å². The molecule has 0 aliphatic heterocycles. The topological polar surface area (TPSA) is 52.5 Å². The number of hydrogen-bond acceptors (Lipinski definition) is 2. The third kappa shape index (κ3) is 5.11. The van der Waals surface area contributed by atoms with Crippen LogP contribution in [0.4, 0.5) is 0 Å². The highest BCUT2D eigenvalue weighted by atomic mass is 15.0. The normalized spacial score (nSPS) is 11.2. The van der Waals surface area contributed by atoms with E-state index in [0.717, 1.165) is 55.3 Å². The molecule has 0 amide bonds. The van der Waals surface area contributed by atoms with Gasteiger partial charge in [-0.25, -0.2) is 0 Å². The number of aromatic nitrogens is 1. The van der Waals surface area contributed by atoms with E-state index < -0.39 is 0 Å². The van der Waals surface area contributed by atoms with Crippen LogP contribution in [0.25, 0.3) is 93.5 Å². The Balaban J connectivity index is 1.21. The molecule has 0 aliphatic carbocycles. The average molecular weight is 698 g/mol. The maximum Gasteiger partial charge on any atom is 0.101 e. The van der Waals surface area contributed by atoms with Gasteiger partial charge in [-0.1, -0.05) is 152 Å². The summed E-state index contributed by atoms with van der Waals surface area (Å²) in [6.45, 7) is 0. The molecule has 3 heteroatoms. The number of hydrogen-bond donors (Lipinski definition) is 0. The van der Waals surface area contributed by atoms with Gasteiger partial charge in [-0.2, -0.15) is 10.5 Å². The van der Waals surface area contributed by atoms with Crippen LogP contribution in [0.3, 0.4) is 0 Å². The lowest BCUT2D eigenvalue weighted by atomic mass is 9.83. The highest BCUT2D eigenvalue weighted by Crippen LogP contribution is 2.47. The average Bonchev–Trinajstić information content (AvgIpc) is 3.59. The predicted octanol–water partition coefficient (Wildman–Crippen LogP) is 13.5. The molecule has 0 spiro atoms. The Morgan fingerprint density at radius 1 is 0.345 bits per heavy atom. The fraction of sp³-hybridized carbons (Fsp3) is 0. The zero-order valence-electron chi connectivity index (χ0n) is 29.7. The van der Waals surface area contributed by atoms with Gasteiger partial charge in [0.15, 0.2) is 0 Å². The summed E-state index contributed by atoms with van der Waals surface area (Å²) in [6, 6.07) is 70.4. The van der Waals surface area contributed by atoms with Crippen molar-refractivity contribution in [2.75, 3.05) is 0 Å². The number of nitriles is 2. The van der Waals surface area contributed by atoms with Gasteiger partial charge >= 0.3 is 0 Å². The minimum Gasteiger partial charge on any atom is -0.308 e. The molecule has 1 heterocycles. The van der Waals surface area contributed by atoms with Gasteiger partial charge in [0.05, 0.1) is 33.9 Å². The fourth-order valence-corrected chi connectivity index (χ4v) is 8.52. The van der Waals surface area contributed by atoms with Crippen molar-refractivity contribution < 1.29 is 0 Å². The van der Waals surface area contributed by atoms with Gasteiger partial charge < -0.3 is 4.57 Å². The van der Waals surface area contributed by atoms with Gasteiger partial charge in [0.1, 0.15) is 6.07 Å². The molecular weight excluding hydrogens is 667 g/mol. The van der Waals surface area contributed by atoms with Crippen LogP contribution in [0.15, 0.2) is 188 Å². The third-order valence-electron chi connectivity index (χ3n) is 10.9. The SMILES string of the molecule is N#Cc1ccc2c(c1)c1ccccc1n2-c1cc(-c2ccccc2-c2ccccc2-c2c3ccccc3c(-c3ccccc3)c3ccccc23)ccc1C#N. The molecule has 0 saturated heterocycles. The van der Waals surface area contributed by atoms with E-state index in [-0.39, 0.29) is 0 Å². The van der Waals surface area contributed by atoms with Crippen LogP contribution < -0.4 is 0 Å². The van der Waals surface area contributed by atoms with Crippen molar-refractivity contribution in [1.82, 2.24) is 4.57 Å². The summed E-state index contributed by atoms with van der Waals surface area (Å²) < 4.78 is 2.16. The van der Waals surface area contributed by atoms with Crippen molar-refractivity contribution in [3.8, 4) is 62.3 Å². The molecule has 0 saturated carbocycles. The van der Waals surface area contributed by atoms with Gasteiger partial charge in [0, 0.05) is 10.8 Å². The molecule has 10 rings (SSSR count). The summed E-state index contributed by atoms with van der Waals surface area (Å²) in [7, 11) is 0. The Morgan fingerprint density at radius 2 is 0.873 bits per heavy atom. The largest absolute Gasteiger partial charge is 0.308 e. The smallest absolute Gasteiger partial charge is 0.101 e. The molecule has 0 radical (unpaired) electrons. The Bertz CT molecular complexity index is 3170. The van der Waals surface area contributed by atoms with E-state index in [2.05, 4.69) is 168 Å². The van der Waals surface area contributed by atoms with Crippen LogP contribution in [0.1, 0.15) is 11.1 Å². The fourth-order valence-electron chi connectivity index (χ4n) is 8.52. The van der Waals surface area contributed by atoms with Crippen LogP contribution in [0.5, 0.6) is 0 Å². The van der Waals surface area contributed by atoms with Crippen LogP contribution in [0.2, 0.25) is 0 Å². The maximum atomic E-state index is 10.5. The van der Waals surface area contributed by atoms with E-state index in [1.165, 1.54) is 38.2 Å². The summed E-state index contributed by atoms with van der Waals surface area (Å²) >= 11 is 0. The monoisotopic (exact) mass is 697 g/mol. The number of rotatable bonds is 5. The van der Waals surface area contributed by atoms with Gasteiger partial charge in [-0.15, -0.1) is 0 Å². The zero-order valence-corrected chi connectivity index (χ0v) is 29.7. The molecule has 9 aromatic carbocycles. The molecule has 254 valence electrons. The molecule has 0 fully saturated rings. The number of para-hydroxylation sites is 1.